The first-order valence-corrected chi connectivity index (χ1v) is 15.2. The number of anilines is 2. The third-order valence-corrected chi connectivity index (χ3v) is 10.2. The van der Waals surface area contributed by atoms with Gasteiger partial charge in [-0.25, -0.2) is 4.90 Å². The standard InChI is InChI=1S/C30H21ClF3N3O5S2/c1-42-20-8-3-2-7-19(20)22-23-24(27(40)37(26(23)39)18-11-9-16(31)10-12-18)43-28-25(22)44-29(41)36(28)14-21(38)35-17-6-4-5-15(13-17)30(32,33)34/h2-13,22-24H,14H2,1H3,(H,35,38)/t22-,23-,24+/m0/s1. The number of hydrogen-bond donors (Lipinski definition) is 1. The molecule has 0 saturated carbocycles. The zero-order chi connectivity index (χ0) is 31.3. The largest absolute Gasteiger partial charge is 0.496 e. The van der Waals surface area contributed by atoms with Crippen LogP contribution < -0.4 is 19.8 Å². The lowest BCUT2D eigenvalue weighted by Gasteiger charge is -2.31. The molecule has 0 unspecified atom stereocenters. The molecule has 1 saturated heterocycles. The number of aromatic nitrogens is 1. The van der Waals surface area contributed by atoms with Gasteiger partial charge in [0.05, 0.1) is 29.3 Å². The van der Waals surface area contributed by atoms with Gasteiger partial charge in [0, 0.05) is 27.1 Å². The minimum absolute atomic E-state index is 0.0863. The van der Waals surface area contributed by atoms with E-state index in [4.69, 9.17) is 16.3 Å². The number of nitrogens with one attached hydrogen (secondary N) is 1. The summed E-state index contributed by atoms with van der Waals surface area (Å²) in [4.78, 5) is 55.3. The Morgan fingerprint density at radius 2 is 1.73 bits per heavy atom. The van der Waals surface area contributed by atoms with Gasteiger partial charge in [0.15, 0.2) is 0 Å². The highest BCUT2D eigenvalue weighted by atomic mass is 35.5. The van der Waals surface area contributed by atoms with Crippen LogP contribution in [0.15, 0.2) is 82.6 Å². The number of benzene rings is 3. The predicted octanol–water partition coefficient (Wildman–Crippen LogP) is 6.03. The molecule has 6 rings (SSSR count). The number of carbonyl (C=O) groups excluding carboxylic acids is 3. The molecule has 0 aliphatic carbocycles. The lowest BCUT2D eigenvalue weighted by Crippen LogP contribution is -2.33. The van der Waals surface area contributed by atoms with Crippen LogP contribution in [0.1, 0.15) is 21.9 Å². The number of fused-ring (bicyclic) bond motifs is 2. The molecule has 1 N–H and O–H groups in total. The fraction of sp³-hybridized carbons (Fsp3) is 0.200. The van der Waals surface area contributed by atoms with Crippen molar-refractivity contribution in [2.24, 2.45) is 5.92 Å². The van der Waals surface area contributed by atoms with Crippen LogP contribution in [-0.2, 0) is 27.1 Å². The smallest absolute Gasteiger partial charge is 0.416 e. The summed E-state index contributed by atoms with van der Waals surface area (Å²) in [6.45, 7) is -0.521. The number of hydrogen-bond acceptors (Lipinski definition) is 7. The molecular weight excluding hydrogens is 639 g/mol. The number of methoxy groups -OCH3 is 1. The van der Waals surface area contributed by atoms with Crippen molar-refractivity contribution in [3.05, 3.63) is 103 Å². The molecule has 44 heavy (non-hydrogen) atoms. The molecule has 0 radical (unpaired) electrons. The lowest BCUT2D eigenvalue weighted by molar-refractivity contribution is -0.137. The number of amides is 3. The van der Waals surface area contributed by atoms with Crippen LogP contribution >= 0.6 is 34.7 Å². The summed E-state index contributed by atoms with van der Waals surface area (Å²) in [6, 6.07) is 17.4. The van der Waals surface area contributed by atoms with E-state index in [9.17, 15) is 32.3 Å². The monoisotopic (exact) mass is 659 g/mol. The summed E-state index contributed by atoms with van der Waals surface area (Å²) in [5, 5.41) is 2.24. The Balaban J connectivity index is 1.40. The number of rotatable bonds is 6. The Bertz CT molecular complexity index is 1860. The second-order valence-corrected chi connectivity index (χ2v) is 12.6. The van der Waals surface area contributed by atoms with Crippen LogP contribution in [0.25, 0.3) is 0 Å². The maximum absolute atomic E-state index is 14.0. The fourth-order valence-electron chi connectivity index (χ4n) is 5.48. The van der Waals surface area contributed by atoms with E-state index in [0.717, 1.165) is 40.1 Å². The maximum atomic E-state index is 14.0. The predicted molar refractivity (Wildman–Crippen MR) is 161 cm³/mol. The Morgan fingerprint density at radius 1 is 1.00 bits per heavy atom. The number of para-hydroxylation sites is 1. The number of nitrogens with zero attached hydrogens (tertiary/aromatic N) is 2. The van der Waals surface area contributed by atoms with E-state index < -0.39 is 58.0 Å². The van der Waals surface area contributed by atoms with Crippen LogP contribution in [0.4, 0.5) is 24.5 Å². The molecule has 2 aliphatic rings. The van der Waals surface area contributed by atoms with Gasteiger partial charge in [-0.3, -0.25) is 23.7 Å². The SMILES string of the molecule is COc1ccccc1[C@@H]1c2sc(=O)n(CC(=O)Nc3cccc(C(F)(F)F)c3)c2S[C@H]2C(=O)N(c3ccc(Cl)cc3)C(=O)[C@@H]12. The number of alkyl halides is 3. The zero-order valence-electron chi connectivity index (χ0n) is 22.6. The van der Waals surface area contributed by atoms with E-state index in [2.05, 4.69) is 5.32 Å². The number of ether oxygens (including phenoxy) is 1. The average molecular weight is 660 g/mol. The van der Waals surface area contributed by atoms with Gasteiger partial charge in [-0.1, -0.05) is 59.0 Å². The van der Waals surface area contributed by atoms with E-state index in [1.807, 2.05) is 0 Å². The van der Waals surface area contributed by atoms with Crippen LogP contribution in [0, 0.1) is 5.92 Å². The maximum Gasteiger partial charge on any atom is 0.416 e. The van der Waals surface area contributed by atoms with Crippen LogP contribution in [0.5, 0.6) is 5.75 Å². The summed E-state index contributed by atoms with van der Waals surface area (Å²) in [5.74, 6) is -2.87. The van der Waals surface area contributed by atoms with Gasteiger partial charge in [-0.2, -0.15) is 13.2 Å². The van der Waals surface area contributed by atoms with E-state index >= 15 is 0 Å². The molecule has 1 aromatic heterocycles. The van der Waals surface area contributed by atoms with E-state index in [0.29, 0.717) is 31.9 Å². The van der Waals surface area contributed by atoms with Gasteiger partial charge in [0.25, 0.3) is 0 Å². The molecule has 8 nitrogen and oxygen atoms in total. The Labute approximate surface area is 261 Å². The van der Waals surface area contributed by atoms with Crippen molar-refractivity contribution in [1.82, 2.24) is 4.57 Å². The summed E-state index contributed by atoms with van der Waals surface area (Å²) < 4.78 is 46.3. The van der Waals surface area contributed by atoms with Crippen LogP contribution in [0.2, 0.25) is 5.02 Å². The van der Waals surface area contributed by atoms with Gasteiger partial charge in [-0.05, 0) is 48.5 Å². The highest BCUT2D eigenvalue weighted by Crippen LogP contribution is 2.55. The quantitative estimate of drug-likeness (QED) is 0.254. The van der Waals surface area contributed by atoms with E-state index in [-0.39, 0.29) is 5.69 Å². The van der Waals surface area contributed by atoms with Crippen molar-refractivity contribution >= 4 is 63.8 Å². The number of carbonyl (C=O) groups is 3. The Hall–Kier alpha value is -4.07. The molecule has 3 amide bonds. The molecule has 14 heteroatoms. The van der Waals surface area contributed by atoms with Gasteiger partial charge in [-0.15, -0.1) is 0 Å². The summed E-state index contributed by atoms with van der Waals surface area (Å²) in [6.07, 6.45) is -4.60. The summed E-state index contributed by atoms with van der Waals surface area (Å²) in [7, 11) is 1.47. The molecule has 2 aliphatic heterocycles. The van der Waals surface area contributed by atoms with Crippen molar-refractivity contribution in [3.8, 4) is 5.75 Å². The molecule has 226 valence electrons. The molecule has 3 heterocycles. The number of thiazole rings is 1. The van der Waals surface area contributed by atoms with E-state index in [1.165, 1.54) is 23.8 Å². The van der Waals surface area contributed by atoms with Gasteiger partial charge < -0.3 is 10.1 Å². The van der Waals surface area contributed by atoms with Crippen molar-refractivity contribution in [1.29, 1.82) is 0 Å². The highest BCUT2D eigenvalue weighted by molar-refractivity contribution is 8.00. The molecule has 1 fully saturated rings. The first-order valence-electron chi connectivity index (χ1n) is 13.1. The number of imide groups is 1. The topological polar surface area (TPSA) is 97.7 Å². The molecule has 0 bridgehead atoms. The highest BCUT2D eigenvalue weighted by Gasteiger charge is 2.57. The number of thioether (sulfide) groups is 1. The van der Waals surface area contributed by atoms with Gasteiger partial charge >= 0.3 is 11.0 Å². The van der Waals surface area contributed by atoms with Crippen molar-refractivity contribution in [2.45, 2.75) is 28.9 Å². The number of halogens is 4. The van der Waals surface area contributed by atoms with E-state index in [1.54, 1.807) is 48.5 Å². The van der Waals surface area contributed by atoms with Crippen molar-refractivity contribution in [3.63, 3.8) is 0 Å². The van der Waals surface area contributed by atoms with Crippen LogP contribution in [-0.4, -0.2) is 34.6 Å². The Kier molecular flexibility index (Phi) is 7.80. The third-order valence-electron chi connectivity index (χ3n) is 7.38. The van der Waals surface area contributed by atoms with Gasteiger partial charge in [0.1, 0.15) is 17.5 Å². The third kappa shape index (κ3) is 5.29. The summed E-state index contributed by atoms with van der Waals surface area (Å²) in [5.41, 5.74) is -0.0834. The minimum atomic E-state index is -4.60. The second-order valence-electron chi connectivity index (χ2n) is 10.0. The molecular formula is C30H21ClF3N3O5S2. The minimum Gasteiger partial charge on any atom is -0.496 e. The molecule has 0 spiro atoms. The Morgan fingerprint density at radius 3 is 2.43 bits per heavy atom. The lowest BCUT2D eigenvalue weighted by atomic mass is 9.82. The molecule has 3 atom stereocenters. The normalized spacial score (nSPS) is 19.5. The zero-order valence-corrected chi connectivity index (χ0v) is 25.0. The second kappa shape index (κ2) is 11.5. The first kappa shape index (κ1) is 30.0. The van der Waals surface area contributed by atoms with Crippen LogP contribution in [0.3, 0.4) is 0 Å². The molecule has 4 aromatic rings. The van der Waals surface area contributed by atoms with Gasteiger partial charge in [0.2, 0.25) is 17.7 Å². The van der Waals surface area contributed by atoms with Crippen molar-refractivity contribution in [2.75, 3.05) is 17.3 Å². The molecule has 3 aromatic carbocycles. The fourth-order valence-corrected chi connectivity index (χ4v) is 8.37. The average Bonchev–Trinajstić information content (AvgIpc) is 3.43. The summed E-state index contributed by atoms with van der Waals surface area (Å²) >= 11 is 7.90. The van der Waals surface area contributed by atoms with Crippen molar-refractivity contribution < 1.29 is 32.3 Å². The first-order chi connectivity index (χ1) is 21.0.